The third kappa shape index (κ3) is 11.5. The van der Waals surface area contributed by atoms with E-state index in [-0.39, 0.29) is 22.4 Å². The zero-order valence-corrected chi connectivity index (χ0v) is 27.0. The predicted molar refractivity (Wildman–Crippen MR) is 172 cm³/mol. The minimum Gasteiger partial charge on any atom is -0.398 e. The number of fused-ring (bicyclic) bond motifs is 1. The van der Waals surface area contributed by atoms with Gasteiger partial charge in [-0.25, -0.2) is 0 Å². The summed E-state index contributed by atoms with van der Waals surface area (Å²) in [5.41, 5.74) is 14.1. The molecule has 3 rings (SSSR count). The Morgan fingerprint density at radius 2 is 1.40 bits per heavy atom. The number of ketones is 1. The van der Waals surface area contributed by atoms with Gasteiger partial charge >= 0.3 is 0 Å². The maximum atomic E-state index is 11.3. The first-order chi connectivity index (χ1) is 19.0. The highest BCUT2D eigenvalue weighted by Gasteiger charge is 2.15. The number of aryl methyl sites for hydroxylation is 2. The molecule has 1 atom stereocenters. The van der Waals surface area contributed by atoms with E-state index in [2.05, 4.69) is 79.2 Å². The third-order valence-electron chi connectivity index (χ3n) is 6.01. The molecule has 9 heteroatoms. The van der Waals surface area contributed by atoms with E-state index in [0.717, 1.165) is 39.2 Å². The fourth-order valence-electron chi connectivity index (χ4n) is 3.77. The lowest BCUT2D eigenvalue weighted by molar-refractivity contribution is -0.116. The lowest BCUT2D eigenvalue weighted by Gasteiger charge is -2.11. The van der Waals surface area contributed by atoms with Crippen molar-refractivity contribution in [1.82, 2.24) is 4.98 Å². The van der Waals surface area contributed by atoms with E-state index in [1.165, 1.54) is 25.0 Å². The molecule has 0 radical (unpaired) electrons. The molecule has 0 bridgehead atoms. The van der Waals surface area contributed by atoms with Crippen molar-refractivity contribution in [3.05, 3.63) is 52.7 Å². The highest BCUT2D eigenvalue weighted by atomic mass is 79.9. The fraction of sp³-hybridized carbons (Fsp3) is 0.452. The molecule has 3 aromatic rings. The summed E-state index contributed by atoms with van der Waals surface area (Å²) in [5, 5.41) is 6.74. The third-order valence-corrected chi connectivity index (χ3v) is 6.65. The van der Waals surface area contributed by atoms with Crippen LogP contribution < -0.4 is 16.4 Å². The quantitative estimate of drug-likeness (QED) is 0.170. The van der Waals surface area contributed by atoms with E-state index in [4.69, 9.17) is 7.10 Å². The van der Waals surface area contributed by atoms with Gasteiger partial charge in [-0.05, 0) is 74.4 Å². The Morgan fingerprint density at radius 1 is 0.925 bits per heavy atom. The first-order valence-electron chi connectivity index (χ1n) is 13.7. The van der Waals surface area contributed by atoms with Gasteiger partial charge in [0, 0.05) is 36.3 Å². The van der Waals surface area contributed by atoms with Gasteiger partial charge in [-0.2, -0.15) is 0 Å². The molecule has 222 valence electrons. The van der Waals surface area contributed by atoms with E-state index in [1.54, 1.807) is 13.0 Å². The van der Waals surface area contributed by atoms with E-state index in [0.29, 0.717) is 11.8 Å². The topological polar surface area (TPSA) is 117 Å². The van der Waals surface area contributed by atoms with Crippen molar-refractivity contribution in [2.24, 2.45) is 0 Å². The lowest BCUT2D eigenvalue weighted by atomic mass is 9.98. The summed E-state index contributed by atoms with van der Waals surface area (Å²) >= 11 is 3.09. The number of alkyl halides is 2. The standard InChI is InChI=1S/C15H20N2O.C11H16N2O.C4H7BrO.CH3F/c1-8(2)12-6-7-13(17-11(5)18)14-9(3)10(4)16-15(12)14;1-7(2)10-5-4-9(6-11(10)12)13-8(3)14;1-3(5)4(2)6;1-2/h6-8,16H,1-5H3,(H,17,18);4-7H,12H2,1-3H3,(H,13,14);3H,1-2H3;1H3/i;;;1D. The molecule has 0 aliphatic carbocycles. The highest BCUT2D eigenvalue weighted by molar-refractivity contribution is 9.10. The molecule has 2 amide bonds. The Kier molecular flexibility index (Phi) is 15.2. The number of carbonyl (C=O) groups excluding carboxylic acids is 3. The fourth-order valence-corrected chi connectivity index (χ4v) is 3.77. The van der Waals surface area contributed by atoms with Crippen LogP contribution >= 0.6 is 15.9 Å². The molecular formula is C31H46BrFN4O3. The molecule has 0 saturated carbocycles. The van der Waals surface area contributed by atoms with Crippen LogP contribution in [0.4, 0.5) is 21.5 Å². The SMILES string of the molecule is CC(=O)C(C)Br.CC(=O)Nc1ccc(C(C)C)c(N)c1.CC(=O)Nc1ccc(C(C)C)c2[nH]c(C)c(C)c12.[2H]CF. The Hall–Kier alpha value is -3.20. The second kappa shape index (κ2) is 17.5. The average molecular weight is 623 g/mol. The molecule has 0 saturated heterocycles. The Balaban J connectivity index is 0.000000616. The molecule has 40 heavy (non-hydrogen) atoms. The normalized spacial score (nSPS) is 11.2. The van der Waals surface area contributed by atoms with Crippen molar-refractivity contribution in [3.63, 3.8) is 0 Å². The number of anilines is 3. The van der Waals surface area contributed by atoms with Crippen LogP contribution in [-0.2, 0) is 14.4 Å². The monoisotopic (exact) mass is 621 g/mol. The van der Waals surface area contributed by atoms with Gasteiger partial charge in [0.05, 0.1) is 24.6 Å². The molecule has 1 heterocycles. The van der Waals surface area contributed by atoms with Crippen molar-refractivity contribution < 1.29 is 20.1 Å². The summed E-state index contributed by atoms with van der Waals surface area (Å²) in [6.07, 6.45) is 0. The zero-order valence-electron chi connectivity index (χ0n) is 26.4. The van der Waals surface area contributed by atoms with Crippen molar-refractivity contribution in [3.8, 4) is 0 Å². The summed E-state index contributed by atoms with van der Waals surface area (Å²) in [6.45, 7) is 19.1. The first kappa shape index (κ1) is 34.8. The number of aromatic amines is 1. The Morgan fingerprint density at radius 3 is 1.80 bits per heavy atom. The van der Waals surface area contributed by atoms with Crippen LogP contribution in [0.25, 0.3) is 10.9 Å². The van der Waals surface area contributed by atoms with Gasteiger partial charge in [0.1, 0.15) is 5.78 Å². The smallest absolute Gasteiger partial charge is 0.221 e. The number of rotatable bonds is 5. The maximum Gasteiger partial charge on any atom is 0.221 e. The van der Waals surface area contributed by atoms with Crippen molar-refractivity contribution in [2.45, 2.75) is 85.9 Å². The van der Waals surface area contributed by atoms with Crippen molar-refractivity contribution in [2.75, 3.05) is 23.5 Å². The van der Waals surface area contributed by atoms with Gasteiger partial charge in [-0.3, -0.25) is 18.8 Å². The first-order valence-corrected chi connectivity index (χ1v) is 14.0. The molecule has 0 aliphatic rings. The van der Waals surface area contributed by atoms with Gasteiger partial charge in [-0.1, -0.05) is 55.8 Å². The van der Waals surface area contributed by atoms with Crippen LogP contribution in [0, 0.1) is 13.8 Å². The largest absolute Gasteiger partial charge is 0.398 e. The Labute approximate surface area is 248 Å². The molecule has 1 unspecified atom stereocenters. The van der Waals surface area contributed by atoms with Crippen LogP contribution in [0.3, 0.4) is 0 Å². The maximum absolute atomic E-state index is 11.3. The minimum atomic E-state index is -1.00. The summed E-state index contributed by atoms with van der Waals surface area (Å²) in [6, 6.07) is 9.70. The predicted octanol–water partition coefficient (Wildman–Crippen LogP) is 8.16. The zero-order chi connectivity index (χ0) is 32.0. The number of hydrogen-bond acceptors (Lipinski definition) is 4. The van der Waals surface area contributed by atoms with E-state index in [1.807, 2.05) is 25.1 Å². The van der Waals surface area contributed by atoms with Gasteiger partial charge < -0.3 is 21.4 Å². The van der Waals surface area contributed by atoms with Crippen LogP contribution in [0.5, 0.6) is 0 Å². The number of amides is 2. The van der Waals surface area contributed by atoms with Crippen LogP contribution in [-0.4, -0.2) is 34.6 Å². The minimum absolute atomic E-state index is 0.0255. The van der Waals surface area contributed by atoms with Crippen molar-refractivity contribution in [1.29, 1.82) is 0 Å². The van der Waals surface area contributed by atoms with E-state index < -0.39 is 7.15 Å². The van der Waals surface area contributed by atoms with Gasteiger partial charge in [0.15, 0.2) is 0 Å². The number of benzene rings is 2. The number of nitrogens with one attached hydrogen (secondary N) is 3. The van der Waals surface area contributed by atoms with Gasteiger partial charge in [-0.15, -0.1) is 0 Å². The number of carbonyl (C=O) groups is 3. The molecular weight excluding hydrogens is 575 g/mol. The molecule has 0 spiro atoms. The second-order valence-corrected chi connectivity index (χ2v) is 11.4. The number of aromatic nitrogens is 1. The average Bonchev–Trinajstić information content (AvgIpc) is 3.14. The van der Waals surface area contributed by atoms with Gasteiger partial charge in [0.2, 0.25) is 11.8 Å². The molecule has 1 aromatic heterocycles. The molecule has 5 N–H and O–H groups in total. The summed E-state index contributed by atoms with van der Waals surface area (Å²) in [5.74, 6) is 0.918. The van der Waals surface area contributed by atoms with Gasteiger partial charge in [0.25, 0.3) is 0 Å². The molecule has 2 aromatic carbocycles. The van der Waals surface area contributed by atoms with E-state index >= 15 is 0 Å². The van der Waals surface area contributed by atoms with Crippen LogP contribution in [0.2, 0.25) is 0 Å². The Bertz CT molecular complexity index is 1310. The number of nitrogens with two attached hydrogens (primary N) is 1. The number of Topliss-reactive ketones (excluding diaryl/α,β-unsaturated/α-hetero) is 1. The number of hydrogen-bond donors (Lipinski definition) is 4. The van der Waals surface area contributed by atoms with Crippen molar-refractivity contribution >= 4 is 61.5 Å². The summed E-state index contributed by atoms with van der Waals surface area (Å²) in [7, 11) is -1.00. The molecule has 7 nitrogen and oxygen atoms in total. The molecule has 0 fully saturated rings. The van der Waals surface area contributed by atoms with E-state index in [9.17, 15) is 18.8 Å². The number of nitrogen functional groups attached to an aromatic ring is 1. The second-order valence-electron chi connectivity index (χ2n) is 10.1. The van der Waals surface area contributed by atoms with Crippen LogP contribution in [0.15, 0.2) is 30.3 Å². The van der Waals surface area contributed by atoms with Crippen LogP contribution in [0.1, 0.15) is 91.0 Å². The summed E-state index contributed by atoms with van der Waals surface area (Å²) in [4.78, 5) is 35.6. The summed E-state index contributed by atoms with van der Waals surface area (Å²) < 4.78 is 15.5. The number of H-pyrrole nitrogens is 1. The lowest BCUT2D eigenvalue weighted by Crippen LogP contribution is -2.06. The highest BCUT2D eigenvalue weighted by Crippen LogP contribution is 2.34. The molecule has 0 aliphatic heterocycles. The number of halogens is 2.